The van der Waals surface area contributed by atoms with E-state index in [2.05, 4.69) is 6.08 Å². The Morgan fingerprint density at radius 3 is 2.64 bits per heavy atom. The summed E-state index contributed by atoms with van der Waals surface area (Å²) in [6.45, 7) is 3.53. The fourth-order valence-corrected chi connectivity index (χ4v) is 1.29. The van der Waals surface area contributed by atoms with Crippen LogP contribution in [-0.4, -0.2) is 19.5 Å². The average Bonchev–Trinajstić information content (AvgIpc) is 2.06. The lowest BCUT2D eigenvalue weighted by Gasteiger charge is -2.18. The highest BCUT2D eigenvalue weighted by Gasteiger charge is 2.10. The summed E-state index contributed by atoms with van der Waals surface area (Å²) in [5.41, 5.74) is 0.844. The minimum Gasteiger partial charge on any atom is -0.381 e. The second kappa shape index (κ2) is 4.29. The lowest BCUT2D eigenvalue weighted by atomic mass is 9.98. The molecule has 0 radical (unpaired) electrons. The van der Waals surface area contributed by atoms with Gasteiger partial charge in [0.15, 0.2) is 0 Å². The van der Waals surface area contributed by atoms with Crippen molar-refractivity contribution in [2.45, 2.75) is 19.8 Å². The first-order valence-electron chi connectivity index (χ1n) is 4.04. The van der Waals surface area contributed by atoms with Gasteiger partial charge in [0.25, 0.3) is 0 Å². The van der Waals surface area contributed by atoms with Crippen molar-refractivity contribution in [2.24, 2.45) is 5.92 Å². The Bertz CT molecular complexity index is 155. The van der Waals surface area contributed by atoms with Crippen molar-refractivity contribution in [3.8, 4) is 0 Å². The van der Waals surface area contributed by atoms with Gasteiger partial charge in [0.05, 0.1) is 0 Å². The topological polar surface area (TPSA) is 26.3 Å². The van der Waals surface area contributed by atoms with Gasteiger partial charge >= 0.3 is 0 Å². The molecule has 1 rings (SSSR count). The van der Waals surface area contributed by atoms with Crippen LogP contribution in [0.1, 0.15) is 19.8 Å². The first-order chi connectivity index (χ1) is 5.33. The fraction of sp³-hybridized carbons (Fsp3) is 0.667. The first-order valence-corrected chi connectivity index (χ1v) is 4.04. The highest BCUT2D eigenvalue weighted by atomic mass is 16.5. The number of carbonyl (C=O) groups is 1. The maximum Gasteiger partial charge on any atom is 0.145 e. The lowest BCUT2D eigenvalue weighted by Crippen LogP contribution is -2.14. The Balaban J connectivity index is 2.40. The molecule has 0 aromatic rings. The molecule has 1 aliphatic heterocycles. The molecular weight excluding hydrogens is 140 g/mol. The standard InChI is InChI=1S/C9H14O2/c1-8(7-10)6-9-2-4-11-5-3-9/h6-7,9H,2-5H2,1H3. The molecular formula is C9H14O2. The van der Waals surface area contributed by atoms with E-state index in [0.717, 1.165) is 37.9 Å². The summed E-state index contributed by atoms with van der Waals surface area (Å²) in [4.78, 5) is 10.3. The molecule has 62 valence electrons. The van der Waals surface area contributed by atoms with Crippen LogP contribution in [0.25, 0.3) is 0 Å². The maximum atomic E-state index is 10.3. The van der Waals surface area contributed by atoms with Crippen molar-refractivity contribution in [2.75, 3.05) is 13.2 Å². The van der Waals surface area contributed by atoms with Gasteiger partial charge in [0.2, 0.25) is 0 Å². The van der Waals surface area contributed by atoms with E-state index < -0.39 is 0 Å². The molecule has 0 unspecified atom stereocenters. The largest absolute Gasteiger partial charge is 0.381 e. The minimum atomic E-state index is 0.564. The highest BCUT2D eigenvalue weighted by molar-refractivity contribution is 5.72. The summed E-state index contributed by atoms with van der Waals surface area (Å²) < 4.78 is 5.20. The van der Waals surface area contributed by atoms with Gasteiger partial charge in [-0.1, -0.05) is 6.08 Å². The molecule has 1 saturated heterocycles. The van der Waals surface area contributed by atoms with Crippen LogP contribution < -0.4 is 0 Å². The molecule has 0 spiro atoms. The monoisotopic (exact) mass is 154 g/mol. The van der Waals surface area contributed by atoms with Gasteiger partial charge in [-0.2, -0.15) is 0 Å². The Kier molecular flexibility index (Phi) is 3.30. The molecule has 0 aromatic heterocycles. The highest BCUT2D eigenvalue weighted by Crippen LogP contribution is 2.16. The van der Waals surface area contributed by atoms with Crippen molar-refractivity contribution < 1.29 is 9.53 Å². The van der Waals surface area contributed by atoms with Crippen LogP contribution in [0.2, 0.25) is 0 Å². The number of aldehydes is 1. The number of hydrogen-bond acceptors (Lipinski definition) is 2. The number of rotatable bonds is 2. The number of carbonyl (C=O) groups excluding carboxylic acids is 1. The summed E-state index contributed by atoms with van der Waals surface area (Å²) >= 11 is 0. The van der Waals surface area contributed by atoms with Gasteiger partial charge in [0.1, 0.15) is 6.29 Å². The van der Waals surface area contributed by atoms with E-state index in [-0.39, 0.29) is 0 Å². The third-order valence-electron chi connectivity index (χ3n) is 1.95. The third kappa shape index (κ3) is 2.85. The van der Waals surface area contributed by atoms with E-state index in [1.165, 1.54) is 0 Å². The van der Waals surface area contributed by atoms with Gasteiger partial charge in [-0.3, -0.25) is 4.79 Å². The van der Waals surface area contributed by atoms with E-state index >= 15 is 0 Å². The molecule has 1 heterocycles. The van der Waals surface area contributed by atoms with Crippen molar-refractivity contribution in [3.05, 3.63) is 11.6 Å². The van der Waals surface area contributed by atoms with Crippen LogP contribution in [0.5, 0.6) is 0 Å². The second-order valence-electron chi connectivity index (χ2n) is 2.98. The normalized spacial score (nSPS) is 21.7. The molecule has 0 atom stereocenters. The van der Waals surface area contributed by atoms with E-state index in [1.807, 2.05) is 6.92 Å². The predicted octanol–water partition coefficient (Wildman–Crippen LogP) is 1.56. The minimum absolute atomic E-state index is 0.564. The third-order valence-corrected chi connectivity index (χ3v) is 1.95. The van der Waals surface area contributed by atoms with Crippen LogP contribution in [0.3, 0.4) is 0 Å². The Labute approximate surface area is 67.2 Å². The average molecular weight is 154 g/mol. The molecule has 2 nitrogen and oxygen atoms in total. The van der Waals surface area contributed by atoms with Gasteiger partial charge in [0, 0.05) is 13.2 Å². The summed E-state index contributed by atoms with van der Waals surface area (Å²) in [6.07, 6.45) is 5.08. The smallest absolute Gasteiger partial charge is 0.145 e. The van der Waals surface area contributed by atoms with Crippen molar-refractivity contribution in [3.63, 3.8) is 0 Å². The molecule has 0 saturated carbocycles. The summed E-state index contributed by atoms with van der Waals surface area (Å²) in [6, 6.07) is 0. The quantitative estimate of drug-likeness (QED) is 0.445. The van der Waals surface area contributed by atoms with Gasteiger partial charge in [-0.25, -0.2) is 0 Å². The van der Waals surface area contributed by atoms with Crippen molar-refractivity contribution >= 4 is 6.29 Å². The lowest BCUT2D eigenvalue weighted by molar-refractivity contribution is -0.104. The van der Waals surface area contributed by atoms with Crippen molar-refractivity contribution in [1.82, 2.24) is 0 Å². The van der Waals surface area contributed by atoms with Gasteiger partial charge in [-0.15, -0.1) is 0 Å². The van der Waals surface area contributed by atoms with Gasteiger partial charge < -0.3 is 4.74 Å². The summed E-state index contributed by atoms with van der Waals surface area (Å²) in [5, 5.41) is 0. The molecule has 0 aromatic carbocycles. The first kappa shape index (κ1) is 8.47. The number of hydrogen-bond donors (Lipinski definition) is 0. The molecule has 11 heavy (non-hydrogen) atoms. The zero-order chi connectivity index (χ0) is 8.10. The molecule has 2 heteroatoms. The molecule has 0 N–H and O–H groups in total. The Morgan fingerprint density at radius 1 is 1.45 bits per heavy atom. The SMILES string of the molecule is CC(C=O)=CC1CCOCC1. The predicted molar refractivity (Wildman–Crippen MR) is 43.4 cm³/mol. The molecule has 1 fully saturated rings. The maximum absolute atomic E-state index is 10.3. The van der Waals surface area contributed by atoms with Crippen LogP contribution in [-0.2, 0) is 9.53 Å². The second-order valence-corrected chi connectivity index (χ2v) is 2.98. The van der Waals surface area contributed by atoms with Crippen LogP contribution in [0.15, 0.2) is 11.6 Å². The molecule has 0 aliphatic carbocycles. The van der Waals surface area contributed by atoms with Gasteiger partial charge in [-0.05, 0) is 31.3 Å². The number of allylic oxidation sites excluding steroid dienone is 2. The van der Waals surface area contributed by atoms with Crippen LogP contribution in [0.4, 0.5) is 0 Å². The zero-order valence-electron chi connectivity index (χ0n) is 6.88. The van der Waals surface area contributed by atoms with Crippen LogP contribution >= 0.6 is 0 Å². The molecule has 1 aliphatic rings. The number of ether oxygens (including phenoxy) is 1. The molecule has 0 bridgehead atoms. The Morgan fingerprint density at radius 2 is 2.09 bits per heavy atom. The van der Waals surface area contributed by atoms with E-state index in [0.29, 0.717) is 5.92 Å². The van der Waals surface area contributed by atoms with Crippen LogP contribution in [0, 0.1) is 5.92 Å². The molecule has 0 amide bonds. The van der Waals surface area contributed by atoms with E-state index in [1.54, 1.807) is 0 Å². The zero-order valence-corrected chi connectivity index (χ0v) is 6.88. The summed E-state index contributed by atoms with van der Waals surface area (Å²) in [7, 11) is 0. The fourth-order valence-electron chi connectivity index (χ4n) is 1.29. The van der Waals surface area contributed by atoms with E-state index in [4.69, 9.17) is 4.74 Å². The Hall–Kier alpha value is -0.630. The van der Waals surface area contributed by atoms with Crippen molar-refractivity contribution in [1.29, 1.82) is 0 Å². The summed E-state index contributed by atoms with van der Waals surface area (Å²) in [5.74, 6) is 0.564. The van der Waals surface area contributed by atoms with E-state index in [9.17, 15) is 4.79 Å².